The fourth-order valence-corrected chi connectivity index (χ4v) is 3.81. The van der Waals surface area contributed by atoms with Crippen LogP contribution in [-0.4, -0.2) is 52.1 Å². The molecule has 5 nitrogen and oxygen atoms in total. The van der Waals surface area contributed by atoms with Crippen LogP contribution in [0.25, 0.3) is 0 Å². The van der Waals surface area contributed by atoms with Crippen LogP contribution in [0.2, 0.25) is 0 Å². The maximum Gasteiger partial charge on any atom is 0.318 e. The molecule has 0 saturated carbocycles. The third-order valence-corrected chi connectivity index (χ3v) is 4.86. The van der Waals surface area contributed by atoms with Crippen LogP contribution in [0.15, 0.2) is 0 Å². The van der Waals surface area contributed by atoms with Crippen molar-refractivity contribution in [1.29, 1.82) is 0 Å². The topological polar surface area (TPSA) is 69.6 Å². The lowest BCUT2D eigenvalue weighted by atomic mass is 9.89. The second-order valence-electron chi connectivity index (χ2n) is 5.52. The Kier molecular flexibility index (Phi) is 4.60. The molecule has 6 heteroatoms. The van der Waals surface area contributed by atoms with Crippen LogP contribution < -0.4 is 5.32 Å². The van der Waals surface area contributed by atoms with Gasteiger partial charge in [-0.25, -0.2) is 4.79 Å². The molecular weight excluding hydrogens is 264 g/mol. The highest BCUT2D eigenvalue weighted by molar-refractivity contribution is 7.98. The Hall–Kier alpha value is -0.910. The molecule has 2 heterocycles. The molecule has 2 aliphatic rings. The first-order chi connectivity index (χ1) is 9.04. The summed E-state index contributed by atoms with van der Waals surface area (Å²) in [5.41, 5.74) is 0. The average Bonchev–Trinajstić information content (AvgIpc) is 2.93. The van der Waals surface area contributed by atoms with E-state index in [1.807, 2.05) is 13.2 Å². The molecule has 108 valence electrons. The number of thioether (sulfide) groups is 1. The number of urea groups is 1. The van der Waals surface area contributed by atoms with Crippen LogP contribution in [0.3, 0.4) is 0 Å². The van der Waals surface area contributed by atoms with E-state index in [1.54, 1.807) is 16.7 Å². The quantitative estimate of drug-likeness (QED) is 0.808. The van der Waals surface area contributed by atoms with Crippen LogP contribution in [0, 0.1) is 5.92 Å². The van der Waals surface area contributed by atoms with Gasteiger partial charge in [-0.3, -0.25) is 4.79 Å². The largest absolute Gasteiger partial charge is 0.481 e. The smallest absolute Gasteiger partial charge is 0.318 e. The van der Waals surface area contributed by atoms with Crippen molar-refractivity contribution in [3.05, 3.63) is 0 Å². The molecule has 2 saturated heterocycles. The third-order valence-electron chi connectivity index (χ3n) is 4.21. The van der Waals surface area contributed by atoms with Gasteiger partial charge in [0.05, 0.1) is 5.92 Å². The number of nitrogens with zero attached hydrogens (tertiary/aromatic N) is 1. The van der Waals surface area contributed by atoms with E-state index in [4.69, 9.17) is 0 Å². The summed E-state index contributed by atoms with van der Waals surface area (Å²) in [6, 6.07) is 0.0854. The normalized spacial score (nSPS) is 30.4. The van der Waals surface area contributed by atoms with Gasteiger partial charge in [-0.15, -0.1) is 0 Å². The Bertz CT molecular complexity index is 364. The van der Waals surface area contributed by atoms with Crippen molar-refractivity contribution in [2.24, 2.45) is 5.92 Å². The summed E-state index contributed by atoms with van der Waals surface area (Å²) < 4.78 is 0. The summed E-state index contributed by atoms with van der Waals surface area (Å²) in [5.74, 6) is -0.113. The lowest BCUT2D eigenvalue weighted by Gasteiger charge is -2.25. The number of carbonyl (C=O) groups is 2. The lowest BCUT2D eigenvalue weighted by molar-refractivity contribution is -0.142. The second-order valence-corrected chi connectivity index (χ2v) is 6.50. The number of carboxylic acids is 1. The molecule has 0 spiro atoms. The molecular formula is C13H22N2O3S. The minimum absolute atomic E-state index is 0.0788. The predicted molar refractivity (Wildman–Crippen MR) is 75.4 cm³/mol. The summed E-state index contributed by atoms with van der Waals surface area (Å²) in [6.07, 6.45) is 5.38. The molecule has 0 aromatic heterocycles. The SMILES string of the molecule is CSCCC(C)NC(=O)N1C2CCC1C(C(=O)O)C2. The fourth-order valence-electron chi connectivity index (χ4n) is 3.22. The third kappa shape index (κ3) is 2.99. The van der Waals surface area contributed by atoms with Crippen molar-refractivity contribution < 1.29 is 14.7 Å². The first-order valence-electron chi connectivity index (χ1n) is 6.85. The molecule has 4 unspecified atom stereocenters. The van der Waals surface area contributed by atoms with Gasteiger partial charge in [-0.2, -0.15) is 11.8 Å². The van der Waals surface area contributed by atoms with Gasteiger partial charge >= 0.3 is 12.0 Å². The van der Waals surface area contributed by atoms with Crippen molar-refractivity contribution in [2.45, 2.75) is 50.7 Å². The highest BCUT2D eigenvalue weighted by Gasteiger charge is 2.51. The standard InChI is InChI=1S/C13H22N2O3S/c1-8(5-6-19-2)14-13(18)15-9-3-4-11(15)10(7-9)12(16)17/h8-11H,3-7H2,1-2H3,(H,14,18)(H,16,17). The Labute approximate surface area is 118 Å². The van der Waals surface area contributed by atoms with E-state index in [2.05, 4.69) is 5.32 Å². The Balaban J connectivity index is 1.91. The van der Waals surface area contributed by atoms with Crippen molar-refractivity contribution in [2.75, 3.05) is 12.0 Å². The number of aliphatic carboxylic acids is 1. The minimum Gasteiger partial charge on any atom is -0.481 e. The molecule has 0 radical (unpaired) electrons. The summed E-state index contributed by atoms with van der Waals surface area (Å²) in [5, 5.41) is 12.2. The van der Waals surface area contributed by atoms with E-state index in [9.17, 15) is 14.7 Å². The molecule has 19 heavy (non-hydrogen) atoms. The summed E-state index contributed by atoms with van der Waals surface area (Å²) in [7, 11) is 0. The molecule has 2 amide bonds. The molecule has 0 aliphatic carbocycles. The maximum absolute atomic E-state index is 12.3. The zero-order valence-electron chi connectivity index (χ0n) is 11.5. The fraction of sp³-hybridized carbons (Fsp3) is 0.846. The van der Waals surface area contributed by atoms with E-state index in [-0.39, 0.29) is 30.1 Å². The molecule has 2 N–H and O–H groups in total. The number of fused-ring (bicyclic) bond motifs is 2. The van der Waals surface area contributed by atoms with Crippen LogP contribution in [0.4, 0.5) is 4.79 Å². The maximum atomic E-state index is 12.3. The zero-order chi connectivity index (χ0) is 14.0. The van der Waals surface area contributed by atoms with Gasteiger partial charge in [0.1, 0.15) is 0 Å². The van der Waals surface area contributed by atoms with E-state index in [0.29, 0.717) is 6.42 Å². The van der Waals surface area contributed by atoms with Crippen molar-refractivity contribution in [3.63, 3.8) is 0 Å². The van der Waals surface area contributed by atoms with Crippen LogP contribution in [0.5, 0.6) is 0 Å². The van der Waals surface area contributed by atoms with Gasteiger partial charge in [-0.05, 0) is 44.6 Å². The van der Waals surface area contributed by atoms with Crippen molar-refractivity contribution in [1.82, 2.24) is 10.2 Å². The van der Waals surface area contributed by atoms with Crippen LogP contribution >= 0.6 is 11.8 Å². The molecule has 0 aromatic rings. The second kappa shape index (κ2) is 6.03. The van der Waals surface area contributed by atoms with Crippen molar-refractivity contribution in [3.8, 4) is 0 Å². The van der Waals surface area contributed by atoms with Crippen LogP contribution in [0.1, 0.15) is 32.6 Å². The van der Waals surface area contributed by atoms with E-state index >= 15 is 0 Å². The number of hydrogen-bond donors (Lipinski definition) is 2. The van der Waals surface area contributed by atoms with Gasteiger partial charge < -0.3 is 15.3 Å². The van der Waals surface area contributed by atoms with Crippen molar-refractivity contribution >= 4 is 23.8 Å². The molecule has 2 fully saturated rings. The van der Waals surface area contributed by atoms with E-state index in [1.165, 1.54) is 0 Å². The number of amides is 2. The number of hydrogen-bond acceptors (Lipinski definition) is 3. The molecule has 0 aromatic carbocycles. The van der Waals surface area contributed by atoms with Crippen LogP contribution in [-0.2, 0) is 4.79 Å². The average molecular weight is 286 g/mol. The summed E-state index contributed by atoms with van der Waals surface area (Å²) in [6.45, 7) is 2.00. The molecule has 4 atom stereocenters. The number of carbonyl (C=O) groups excluding carboxylic acids is 1. The monoisotopic (exact) mass is 286 g/mol. The van der Waals surface area contributed by atoms with Gasteiger partial charge in [0, 0.05) is 18.1 Å². The number of carboxylic acid groups (broad SMARTS) is 1. The Morgan fingerprint density at radius 2 is 2.21 bits per heavy atom. The Morgan fingerprint density at radius 3 is 2.79 bits per heavy atom. The lowest BCUT2D eigenvalue weighted by Crippen LogP contribution is -2.47. The van der Waals surface area contributed by atoms with Gasteiger partial charge in [0.25, 0.3) is 0 Å². The Morgan fingerprint density at radius 1 is 1.47 bits per heavy atom. The molecule has 2 aliphatic heterocycles. The highest BCUT2D eigenvalue weighted by atomic mass is 32.2. The zero-order valence-corrected chi connectivity index (χ0v) is 12.3. The number of nitrogens with one attached hydrogen (secondary N) is 1. The molecule has 2 rings (SSSR count). The molecule has 2 bridgehead atoms. The summed E-state index contributed by atoms with van der Waals surface area (Å²) in [4.78, 5) is 25.2. The minimum atomic E-state index is -0.763. The number of rotatable bonds is 5. The highest BCUT2D eigenvalue weighted by Crippen LogP contribution is 2.41. The van der Waals surface area contributed by atoms with Gasteiger partial charge in [0.15, 0.2) is 0 Å². The van der Waals surface area contributed by atoms with E-state index < -0.39 is 5.97 Å². The predicted octanol–water partition coefficient (Wildman–Crippen LogP) is 1.78. The van der Waals surface area contributed by atoms with E-state index in [0.717, 1.165) is 25.0 Å². The first kappa shape index (κ1) is 14.5. The first-order valence-corrected chi connectivity index (χ1v) is 8.24. The van der Waals surface area contributed by atoms with Gasteiger partial charge in [-0.1, -0.05) is 0 Å². The summed E-state index contributed by atoms with van der Waals surface area (Å²) >= 11 is 1.76. The van der Waals surface area contributed by atoms with Gasteiger partial charge in [0.2, 0.25) is 0 Å².